The van der Waals surface area contributed by atoms with E-state index in [1.807, 2.05) is 0 Å². The molecule has 4 rings (SSSR count). The number of nitrogens with zero attached hydrogens (tertiary/aromatic N) is 3. The van der Waals surface area contributed by atoms with Crippen molar-refractivity contribution >= 4 is 11.6 Å². The van der Waals surface area contributed by atoms with E-state index in [-0.39, 0.29) is 17.9 Å². The summed E-state index contributed by atoms with van der Waals surface area (Å²) in [6.07, 6.45) is 2.92. The van der Waals surface area contributed by atoms with Gasteiger partial charge in [0.25, 0.3) is 5.91 Å². The van der Waals surface area contributed by atoms with Gasteiger partial charge in [-0.25, -0.2) is 17.9 Å². The zero-order valence-corrected chi connectivity index (χ0v) is 14.9. The molecule has 0 saturated heterocycles. The number of carbonyl (C=O) groups excluding carboxylic acids is 1. The molecular weight excluding hydrogens is 383 g/mol. The van der Waals surface area contributed by atoms with Gasteiger partial charge in [0.2, 0.25) is 0 Å². The van der Waals surface area contributed by atoms with E-state index in [4.69, 9.17) is 4.42 Å². The third-order valence-electron chi connectivity index (χ3n) is 4.22. The first kappa shape index (κ1) is 18.5. The quantitative estimate of drug-likeness (QED) is 0.489. The van der Waals surface area contributed by atoms with Crippen molar-refractivity contribution in [1.82, 2.24) is 9.78 Å². The molecule has 0 aliphatic carbocycles. The fraction of sp³-hybridized carbons (Fsp3) is 0.0476. The Balaban J connectivity index is 1.70. The third kappa shape index (κ3) is 3.91. The molecule has 2 heterocycles. The van der Waals surface area contributed by atoms with E-state index in [9.17, 15) is 18.0 Å². The Morgan fingerprint density at radius 1 is 1.00 bits per heavy atom. The number of rotatable bonds is 5. The van der Waals surface area contributed by atoms with E-state index < -0.39 is 23.4 Å². The highest BCUT2D eigenvalue weighted by Crippen LogP contribution is 2.24. The first-order valence-corrected chi connectivity index (χ1v) is 8.62. The van der Waals surface area contributed by atoms with Gasteiger partial charge in [0, 0.05) is 12.3 Å². The number of amides is 1. The van der Waals surface area contributed by atoms with Crippen molar-refractivity contribution in [2.75, 3.05) is 4.90 Å². The lowest BCUT2D eigenvalue weighted by atomic mass is 10.2. The predicted octanol–water partition coefficient (Wildman–Crippen LogP) is 4.73. The minimum Gasteiger partial charge on any atom is -0.467 e. The second kappa shape index (κ2) is 7.67. The SMILES string of the molecule is O=C(c1ccn(-c2cccc(F)c2)n1)N(Cc1ccco1)c1ccc(F)cc1F. The number of halogens is 3. The zero-order chi connectivity index (χ0) is 20.4. The van der Waals surface area contributed by atoms with Crippen molar-refractivity contribution in [3.05, 3.63) is 102 Å². The number of benzene rings is 2. The smallest absolute Gasteiger partial charge is 0.279 e. The lowest BCUT2D eigenvalue weighted by molar-refractivity contribution is 0.0977. The van der Waals surface area contributed by atoms with E-state index >= 15 is 0 Å². The van der Waals surface area contributed by atoms with Crippen LogP contribution in [0.3, 0.4) is 0 Å². The van der Waals surface area contributed by atoms with Gasteiger partial charge in [-0.2, -0.15) is 5.10 Å². The van der Waals surface area contributed by atoms with Gasteiger partial charge in [0.15, 0.2) is 5.69 Å². The highest BCUT2D eigenvalue weighted by atomic mass is 19.1. The van der Waals surface area contributed by atoms with Gasteiger partial charge in [-0.05, 0) is 48.5 Å². The summed E-state index contributed by atoms with van der Waals surface area (Å²) in [5, 5.41) is 4.18. The maximum absolute atomic E-state index is 14.4. The highest BCUT2D eigenvalue weighted by Gasteiger charge is 2.24. The topological polar surface area (TPSA) is 51.3 Å². The molecule has 0 saturated carbocycles. The monoisotopic (exact) mass is 397 g/mol. The lowest BCUT2D eigenvalue weighted by Gasteiger charge is -2.21. The van der Waals surface area contributed by atoms with Crippen LogP contribution in [-0.4, -0.2) is 15.7 Å². The molecule has 5 nitrogen and oxygen atoms in total. The van der Waals surface area contributed by atoms with Crippen LogP contribution in [0.2, 0.25) is 0 Å². The van der Waals surface area contributed by atoms with E-state index in [2.05, 4.69) is 5.10 Å². The molecule has 146 valence electrons. The molecule has 0 bridgehead atoms. The molecule has 0 N–H and O–H groups in total. The normalized spacial score (nSPS) is 10.9. The molecule has 1 amide bonds. The summed E-state index contributed by atoms with van der Waals surface area (Å²) < 4.78 is 47.8. The number of hydrogen-bond donors (Lipinski definition) is 0. The first-order chi connectivity index (χ1) is 14.0. The molecule has 0 unspecified atom stereocenters. The Bertz CT molecular complexity index is 1160. The van der Waals surface area contributed by atoms with Crippen molar-refractivity contribution in [2.24, 2.45) is 0 Å². The van der Waals surface area contributed by atoms with E-state index in [0.29, 0.717) is 17.5 Å². The minimum absolute atomic E-state index is 0.00421. The Hall–Kier alpha value is -3.81. The summed E-state index contributed by atoms with van der Waals surface area (Å²) in [4.78, 5) is 14.2. The van der Waals surface area contributed by atoms with E-state index in [0.717, 1.165) is 11.0 Å². The van der Waals surface area contributed by atoms with Gasteiger partial charge in [-0.15, -0.1) is 0 Å². The number of furan rings is 1. The van der Waals surface area contributed by atoms with Gasteiger partial charge in [-0.1, -0.05) is 6.07 Å². The van der Waals surface area contributed by atoms with Gasteiger partial charge in [-0.3, -0.25) is 9.69 Å². The fourth-order valence-electron chi connectivity index (χ4n) is 2.86. The van der Waals surface area contributed by atoms with Crippen LogP contribution in [0.5, 0.6) is 0 Å². The van der Waals surface area contributed by atoms with Gasteiger partial charge in [0.1, 0.15) is 23.2 Å². The molecule has 8 heteroatoms. The van der Waals surface area contributed by atoms with Crippen LogP contribution in [0.1, 0.15) is 16.2 Å². The number of anilines is 1. The number of hydrogen-bond acceptors (Lipinski definition) is 3. The molecular formula is C21H14F3N3O2. The summed E-state index contributed by atoms with van der Waals surface area (Å²) in [6.45, 7) is -0.0821. The molecule has 0 spiro atoms. The van der Waals surface area contributed by atoms with Crippen LogP contribution < -0.4 is 4.90 Å². The van der Waals surface area contributed by atoms with Crippen LogP contribution in [0, 0.1) is 17.5 Å². The Morgan fingerprint density at radius 2 is 1.83 bits per heavy atom. The van der Waals surface area contributed by atoms with Crippen molar-refractivity contribution in [1.29, 1.82) is 0 Å². The summed E-state index contributed by atoms with van der Waals surface area (Å²) in [5.41, 5.74) is 0.312. The van der Waals surface area contributed by atoms with Gasteiger partial charge >= 0.3 is 0 Å². The van der Waals surface area contributed by atoms with Crippen LogP contribution >= 0.6 is 0 Å². The predicted molar refractivity (Wildman–Crippen MR) is 99.1 cm³/mol. The standard InChI is InChI=1S/C21H14F3N3O2/c22-14-3-1-4-16(11-14)27-9-8-19(25-27)21(28)26(13-17-5-2-10-29-17)20-7-6-15(23)12-18(20)24/h1-12H,13H2. The molecule has 0 fully saturated rings. The summed E-state index contributed by atoms with van der Waals surface area (Å²) in [6, 6.07) is 13.3. The Kier molecular flexibility index (Phi) is 4.90. The number of carbonyl (C=O) groups is 1. The van der Waals surface area contributed by atoms with E-state index in [1.54, 1.807) is 18.2 Å². The second-order valence-corrected chi connectivity index (χ2v) is 6.19. The number of aromatic nitrogens is 2. The Morgan fingerprint density at radius 3 is 2.55 bits per heavy atom. The van der Waals surface area contributed by atoms with Crippen molar-refractivity contribution < 1.29 is 22.4 Å². The lowest BCUT2D eigenvalue weighted by Crippen LogP contribution is -2.31. The average molecular weight is 397 g/mol. The molecule has 0 aliphatic heterocycles. The second-order valence-electron chi connectivity index (χ2n) is 6.19. The summed E-state index contributed by atoms with van der Waals surface area (Å²) >= 11 is 0. The fourth-order valence-corrected chi connectivity index (χ4v) is 2.86. The molecule has 4 aromatic rings. The summed E-state index contributed by atoms with van der Waals surface area (Å²) in [7, 11) is 0. The van der Waals surface area contributed by atoms with Crippen LogP contribution in [-0.2, 0) is 6.54 Å². The molecule has 0 radical (unpaired) electrons. The van der Waals surface area contributed by atoms with Crippen LogP contribution in [0.25, 0.3) is 5.69 Å². The molecule has 2 aromatic carbocycles. The van der Waals surface area contributed by atoms with Crippen molar-refractivity contribution in [3.63, 3.8) is 0 Å². The molecule has 0 aliphatic rings. The Labute approximate surface area is 163 Å². The zero-order valence-electron chi connectivity index (χ0n) is 14.9. The largest absolute Gasteiger partial charge is 0.467 e. The van der Waals surface area contributed by atoms with Crippen LogP contribution in [0.4, 0.5) is 18.9 Å². The van der Waals surface area contributed by atoms with Gasteiger partial charge in [0.05, 0.1) is 24.2 Å². The summed E-state index contributed by atoms with van der Waals surface area (Å²) in [5.74, 6) is -2.31. The first-order valence-electron chi connectivity index (χ1n) is 8.62. The van der Waals surface area contributed by atoms with Gasteiger partial charge < -0.3 is 4.42 Å². The van der Waals surface area contributed by atoms with E-state index in [1.165, 1.54) is 47.5 Å². The highest BCUT2D eigenvalue weighted by molar-refractivity contribution is 6.04. The van der Waals surface area contributed by atoms with Crippen molar-refractivity contribution in [2.45, 2.75) is 6.54 Å². The minimum atomic E-state index is -0.894. The van der Waals surface area contributed by atoms with Crippen LogP contribution in [0.15, 0.2) is 77.5 Å². The van der Waals surface area contributed by atoms with Crippen molar-refractivity contribution in [3.8, 4) is 5.69 Å². The molecule has 2 aromatic heterocycles. The maximum atomic E-state index is 14.4. The molecule has 0 atom stereocenters. The molecule has 29 heavy (non-hydrogen) atoms. The third-order valence-corrected chi connectivity index (χ3v) is 4.22. The maximum Gasteiger partial charge on any atom is 0.279 e. The average Bonchev–Trinajstić information content (AvgIpc) is 3.38.